The lowest BCUT2D eigenvalue weighted by molar-refractivity contribution is 0.414. The van der Waals surface area contributed by atoms with Crippen LogP contribution < -0.4 is 15.4 Å². The summed E-state index contributed by atoms with van der Waals surface area (Å²) in [5, 5.41) is 7.20. The Bertz CT molecular complexity index is 653. The maximum atomic E-state index is 5.42. The number of rotatable bonds is 4. The van der Waals surface area contributed by atoms with Crippen LogP contribution in [0, 0.1) is 13.8 Å². The van der Waals surface area contributed by atoms with Gasteiger partial charge in [-0.25, -0.2) is 0 Å². The van der Waals surface area contributed by atoms with Crippen molar-refractivity contribution < 1.29 is 4.74 Å². The van der Waals surface area contributed by atoms with Crippen LogP contribution in [-0.4, -0.2) is 12.2 Å². The molecular weight excluding hydrogens is 292 g/mol. The predicted molar refractivity (Wildman–Crippen MR) is 96.7 cm³/mol. The molecule has 22 heavy (non-hydrogen) atoms. The van der Waals surface area contributed by atoms with Crippen LogP contribution in [0.5, 0.6) is 5.75 Å². The van der Waals surface area contributed by atoms with E-state index in [1.54, 1.807) is 7.11 Å². The second kappa shape index (κ2) is 7.27. The van der Waals surface area contributed by atoms with E-state index in [1.807, 2.05) is 24.3 Å². The van der Waals surface area contributed by atoms with E-state index < -0.39 is 0 Å². The summed E-state index contributed by atoms with van der Waals surface area (Å²) >= 11 is 5.42. The molecule has 0 heterocycles. The lowest BCUT2D eigenvalue weighted by atomic mass is 10.1. The summed E-state index contributed by atoms with van der Waals surface area (Å²) in [4.78, 5) is 0. The first-order chi connectivity index (χ1) is 10.5. The van der Waals surface area contributed by atoms with E-state index in [-0.39, 0.29) is 6.04 Å². The van der Waals surface area contributed by atoms with E-state index in [0.717, 1.165) is 17.0 Å². The van der Waals surface area contributed by atoms with Crippen molar-refractivity contribution in [2.75, 3.05) is 12.4 Å². The van der Waals surface area contributed by atoms with E-state index in [9.17, 15) is 0 Å². The van der Waals surface area contributed by atoms with Crippen LogP contribution in [0.1, 0.15) is 29.7 Å². The second-order valence-corrected chi connectivity index (χ2v) is 5.82. The number of anilines is 1. The highest BCUT2D eigenvalue weighted by Crippen LogP contribution is 2.19. The highest BCUT2D eigenvalue weighted by molar-refractivity contribution is 7.80. The van der Waals surface area contributed by atoms with E-state index >= 15 is 0 Å². The van der Waals surface area contributed by atoms with Gasteiger partial charge in [0, 0.05) is 5.69 Å². The molecule has 0 bridgehead atoms. The van der Waals surface area contributed by atoms with Crippen LogP contribution in [0.3, 0.4) is 0 Å². The summed E-state index contributed by atoms with van der Waals surface area (Å²) in [7, 11) is 1.67. The van der Waals surface area contributed by atoms with Gasteiger partial charge in [-0.1, -0.05) is 24.3 Å². The van der Waals surface area contributed by atoms with Gasteiger partial charge in [-0.15, -0.1) is 0 Å². The van der Waals surface area contributed by atoms with Crippen molar-refractivity contribution in [2.24, 2.45) is 0 Å². The third-order valence-corrected chi connectivity index (χ3v) is 3.82. The van der Waals surface area contributed by atoms with Gasteiger partial charge in [0.25, 0.3) is 0 Å². The van der Waals surface area contributed by atoms with E-state index in [1.165, 1.54) is 11.1 Å². The molecule has 0 aliphatic carbocycles. The summed E-state index contributed by atoms with van der Waals surface area (Å²) in [5.41, 5.74) is 4.58. The fraction of sp³-hybridized carbons (Fsp3) is 0.278. The van der Waals surface area contributed by atoms with Crippen molar-refractivity contribution in [3.8, 4) is 5.75 Å². The second-order valence-electron chi connectivity index (χ2n) is 5.41. The van der Waals surface area contributed by atoms with Crippen molar-refractivity contribution in [3.05, 3.63) is 59.2 Å². The van der Waals surface area contributed by atoms with Gasteiger partial charge in [0.2, 0.25) is 0 Å². The van der Waals surface area contributed by atoms with E-state index in [0.29, 0.717) is 5.11 Å². The average Bonchev–Trinajstić information content (AvgIpc) is 2.51. The molecule has 0 fully saturated rings. The first-order valence-electron chi connectivity index (χ1n) is 7.28. The van der Waals surface area contributed by atoms with Crippen molar-refractivity contribution in [3.63, 3.8) is 0 Å². The summed E-state index contributed by atoms with van der Waals surface area (Å²) in [6.45, 7) is 6.22. The Morgan fingerprint density at radius 2 is 1.77 bits per heavy atom. The van der Waals surface area contributed by atoms with Gasteiger partial charge in [0.15, 0.2) is 5.11 Å². The summed E-state index contributed by atoms with van der Waals surface area (Å²) in [6.07, 6.45) is 0. The number of hydrogen-bond donors (Lipinski definition) is 2. The Balaban J connectivity index is 2.00. The smallest absolute Gasteiger partial charge is 0.171 e. The molecule has 0 aliphatic rings. The molecule has 0 unspecified atom stereocenters. The molecule has 0 spiro atoms. The number of nitrogens with one attached hydrogen (secondary N) is 2. The normalized spacial score (nSPS) is 11.6. The molecule has 3 nitrogen and oxygen atoms in total. The van der Waals surface area contributed by atoms with Crippen LogP contribution in [0.25, 0.3) is 0 Å². The van der Waals surface area contributed by atoms with Crippen LogP contribution in [0.15, 0.2) is 42.5 Å². The number of thiocarbonyl (C=S) groups is 1. The molecular formula is C18H22N2OS. The largest absolute Gasteiger partial charge is 0.497 e. The Hall–Kier alpha value is -2.07. The van der Waals surface area contributed by atoms with Crippen LogP contribution >= 0.6 is 12.2 Å². The number of ether oxygens (including phenoxy) is 1. The molecule has 2 N–H and O–H groups in total. The van der Waals surface area contributed by atoms with Crippen molar-refractivity contribution >= 4 is 23.0 Å². The fourth-order valence-corrected chi connectivity index (χ4v) is 2.49. The Labute approximate surface area is 137 Å². The minimum atomic E-state index is 0.121. The van der Waals surface area contributed by atoms with Crippen LogP contribution in [0.4, 0.5) is 5.69 Å². The number of benzene rings is 2. The lowest BCUT2D eigenvalue weighted by Crippen LogP contribution is -2.31. The van der Waals surface area contributed by atoms with Crippen molar-refractivity contribution in [1.29, 1.82) is 0 Å². The third kappa shape index (κ3) is 4.21. The Kier molecular flexibility index (Phi) is 5.39. The third-order valence-electron chi connectivity index (χ3n) is 3.60. The van der Waals surface area contributed by atoms with Gasteiger partial charge in [-0.05, 0) is 67.9 Å². The molecule has 2 aromatic rings. The zero-order valence-corrected chi connectivity index (χ0v) is 14.3. The molecule has 0 aliphatic heterocycles. The molecule has 0 aromatic heterocycles. The summed E-state index contributed by atoms with van der Waals surface area (Å²) < 4.78 is 5.17. The lowest BCUT2D eigenvalue weighted by Gasteiger charge is -2.18. The molecule has 2 rings (SSSR count). The first kappa shape index (κ1) is 16.3. The number of methoxy groups -OCH3 is 1. The SMILES string of the molecule is COc1ccc([C@H](C)NC(=S)Nc2cc(C)ccc2C)cc1. The van der Waals surface area contributed by atoms with Crippen molar-refractivity contribution in [2.45, 2.75) is 26.8 Å². The highest BCUT2D eigenvalue weighted by atomic mass is 32.1. The van der Waals surface area contributed by atoms with Gasteiger partial charge < -0.3 is 15.4 Å². The maximum Gasteiger partial charge on any atom is 0.171 e. The van der Waals surface area contributed by atoms with Crippen LogP contribution in [-0.2, 0) is 0 Å². The molecule has 0 radical (unpaired) electrons. The fourth-order valence-electron chi connectivity index (χ4n) is 2.20. The summed E-state index contributed by atoms with van der Waals surface area (Å²) in [5.74, 6) is 0.854. The zero-order valence-electron chi connectivity index (χ0n) is 13.4. The number of aryl methyl sites for hydroxylation is 2. The molecule has 0 saturated heterocycles. The molecule has 4 heteroatoms. The Morgan fingerprint density at radius 3 is 2.41 bits per heavy atom. The van der Waals surface area contributed by atoms with E-state index in [2.05, 4.69) is 49.6 Å². The summed E-state index contributed by atoms with van der Waals surface area (Å²) in [6, 6.07) is 14.4. The van der Waals surface area contributed by atoms with E-state index in [4.69, 9.17) is 17.0 Å². The van der Waals surface area contributed by atoms with Gasteiger partial charge in [-0.2, -0.15) is 0 Å². The predicted octanol–water partition coefficient (Wildman–Crippen LogP) is 4.36. The minimum absolute atomic E-state index is 0.121. The van der Waals surface area contributed by atoms with Crippen molar-refractivity contribution in [1.82, 2.24) is 5.32 Å². The molecule has 1 atom stereocenters. The molecule has 0 saturated carbocycles. The quantitative estimate of drug-likeness (QED) is 0.822. The zero-order chi connectivity index (χ0) is 16.1. The minimum Gasteiger partial charge on any atom is -0.497 e. The van der Waals surface area contributed by atoms with Gasteiger partial charge in [0.1, 0.15) is 5.75 Å². The molecule has 116 valence electrons. The number of hydrogen-bond acceptors (Lipinski definition) is 2. The monoisotopic (exact) mass is 314 g/mol. The van der Waals surface area contributed by atoms with Gasteiger partial charge in [0.05, 0.1) is 13.2 Å². The van der Waals surface area contributed by atoms with Crippen LogP contribution in [0.2, 0.25) is 0 Å². The average molecular weight is 314 g/mol. The maximum absolute atomic E-state index is 5.42. The van der Waals surface area contributed by atoms with Gasteiger partial charge in [-0.3, -0.25) is 0 Å². The molecule has 2 aromatic carbocycles. The highest BCUT2D eigenvalue weighted by Gasteiger charge is 2.08. The molecule has 0 amide bonds. The first-order valence-corrected chi connectivity index (χ1v) is 7.69. The topological polar surface area (TPSA) is 33.3 Å². The standard InChI is InChI=1S/C18H22N2OS/c1-12-5-6-13(2)17(11-12)20-18(22)19-14(3)15-7-9-16(21-4)10-8-15/h5-11,14H,1-4H3,(H2,19,20,22)/t14-/m0/s1. The Morgan fingerprint density at radius 1 is 1.09 bits per heavy atom. The van der Waals surface area contributed by atoms with Gasteiger partial charge >= 0.3 is 0 Å².